The van der Waals surface area contributed by atoms with Crippen molar-refractivity contribution in [2.24, 2.45) is 0 Å². The summed E-state index contributed by atoms with van der Waals surface area (Å²) in [7, 11) is 0. The number of nitrogens with zero attached hydrogens (tertiary/aromatic N) is 2. The van der Waals surface area contributed by atoms with Crippen LogP contribution in [0, 0.1) is 0 Å². The molecule has 1 spiro atoms. The Balaban J connectivity index is 1.41. The largest absolute Gasteiger partial charge is 0.459 e. The number of hydrogen-bond donors (Lipinski definition) is 2. The number of nitrogens with one attached hydrogen (secondary N) is 2. The van der Waals surface area contributed by atoms with Crippen molar-refractivity contribution in [3.8, 4) is 0 Å². The van der Waals surface area contributed by atoms with Crippen LogP contribution in [0.25, 0.3) is 0 Å². The third kappa shape index (κ3) is 3.05. The lowest BCUT2D eigenvalue weighted by Crippen LogP contribution is -2.58. The van der Waals surface area contributed by atoms with E-state index in [0.717, 1.165) is 0 Å². The number of hydrogen-bond acceptors (Lipinski definition) is 5. The van der Waals surface area contributed by atoms with E-state index < -0.39 is 11.3 Å². The second-order valence-electron chi connectivity index (χ2n) is 6.68. The lowest BCUT2D eigenvalue weighted by atomic mass is 9.89. The van der Waals surface area contributed by atoms with Crippen LogP contribution in [0.15, 0.2) is 33.8 Å². The van der Waals surface area contributed by atoms with Gasteiger partial charge in [-0.05, 0) is 25.0 Å². The number of aromatic amines is 2. The highest BCUT2D eigenvalue weighted by molar-refractivity contribution is 5.92. The van der Waals surface area contributed by atoms with Crippen molar-refractivity contribution < 1.29 is 18.7 Å². The number of amides is 2. The van der Waals surface area contributed by atoms with Gasteiger partial charge in [0.15, 0.2) is 5.76 Å². The van der Waals surface area contributed by atoms with Gasteiger partial charge in [-0.1, -0.05) is 0 Å². The van der Waals surface area contributed by atoms with Gasteiger partial charge in [0, 0.05) is 25.8 Å². The molecular formula is C17H20N4O5. The molecule has 4 rings (SSSR count). The molecule has 9 nitrogen and oxygen atoms in total. The first-order valence-electron chi connectivity index (χ1n) is 8.60. The Labute approximate surface area is 148 Å². The molecule has 0 bridgehead atoms. The number of aromatic nitrogens is 2. The van der Waals surface area contributed by atoms with Gasteiger partial charge in [0.2, 0.25) is 0 Å². The normalized spacial score (nSPS) is 19.7. The van der Waals surface area contributed by atoms with Crippen molar-refractivity contribution in [3.05, 3.63) is 46.5 Å². The summed E-state index contributed by atoms with van der Waals surface area (Å²) in [6.45, 7) is 2.45. The summed E-state index contributed by atoms with van der Waals surface area (Å²) in [6.07, 6.45) is 4.16. The Morgan fingerprint density at radius 2 is 1.92 bits per heavy atom. The number of likely N-dealkylation sites (tertiary alicyclic amines) is 1. The molecule has 0 atom stereocenters. The zero-order valence-electron chi connectivity index (χ0n) is 14.2. The minimum atomic E-state index is -0.454. The second kappa shape index (κ2) is 6.49. The molecule has 4 heterocycles. The van der Waals surface area contributed by atoms with E-state index in [1.807, 2.05) is 0 Å². The van der Waals surface area contributed by atoms with Crippen molar-refractivity contribution in [1.29, 1.82) is 0 Å². The summed E-state index contributed by atoms with van der Waals surface area (Å²) in [5.74, 6) is -0.0164. The van der Waals surface area contributed by atoms with Crippen LogP contribution in [-0.2, 0) is 4.74 Å². The number of carbonyl (C=O) groups is 2. The molecule has 0 aromatic carbocycles. The van der Waals surface area contributed by atoms with Crippen LogP contribution in [-0.4, -0.2) is 70.0 Å². The summed E-state index contributed by atoms with van der Waals surface area (Å²) in [5.41, 5.74) is -0.608. The molecule has 0 radical (unpaired) electrons. The van der Waals surface area contributed by atoms with Gasteiger partial charge < -0.3 is 28.9 Å². The predicted octanol–water partition coefficient (Wildman–Crippen LogP) is 0.443. The van der Waals surface area contributed by atoms with E-state index in [-0.39, 0.29) is 17.5 Å². The molecule has 2 aromatic rings. The lowest BCUT2D eigenvalue weighted by Gasteiger charge is -2.47. The number of carbonyl (C=O) groups excluding carboxylic acids is 2. The average molecular weight is 360 g/mol. The highest BCUT2D eigenvalue weighted by atomic mass is 16.5. The summed E-state index contributed by atoms with van der Waals surface area (Å²) in [5, 5.41) is 0. The van der Waals surface area contributed by atoms with Gasteiger partial charge in [0.1, 0.15) is 5.69 Å². The van der Waals surface area contributed by atoms with E-state index in [0.29, 0.717) is 51.4 Å². The third-order valence-electron chi connectivity index (χ3n) is 5.06. The van der Waals surface area contributed by atoms with Crippen molar-refractivity contribution in [2.75, 3.05) is 32.8 Å². The molecular weight excluding hydrogens is 340 g/mol. The van der Waals surface area contributed by atoms with Crippen LogP contribution in [0.3, 0.4) is 0 Å². The van der Waals surface area contributed by atoms with Gasteiger partial charge in [0.05, 0.1) is 25.0 Å². The van der Waals surface area contributed by atoms with Crippen molar-refractivity contribution in [3.63, 3.8) is 0 Å². The molecule has 9 heteroatoms. The molecule has 0 aliphatic carbocycles. The van der Waals surface area contributed by atoms with Crippen LogP contribution >= 0.6 is 0 Å². The fourth-order valence-corrected chi connectivity index (χ4v) is 3.61. The van der Waals surface area contributed by atoms with Crippen LogP contribution in [0.1, 0.15) is 33.9 Å². The maximum Gasteiger partial charge on any atom is 0.323 e. The Morgan fingerprint density at radius 3 is 2.58 bits per heavy atom. The first-order valence-corrected chi connectivity index (χ1v) is 8.60. The van der Waals surface area contributed by atoms with Crippen LogP contribution in [0.2, 0.25) is 0 Å². The Hall–Kier alpha value is -2.81. The zero-order valence-corrected chi connectivity index (χ0v) is 14.2. The smallest absolute Gasteiger partial charge is 0.323 e. The number of piperidine rings is 1. The third-order valence-corrected chi connectivity index (χ3v) is 5.06. The van der Waals surface area contributed by atoms with Crippen LogP contribution in [0.4, 0.5) is 0 Å². The van der Waals surface area contributed by atoms with E-state index in [1.54, 1.807) is 21.9 Å². The minimum Gasteiger partial charge on any atom is -0.459 e. The molecule has 2 fully saturated rings. The zero-order chi connectivity index (χ0) is 18.1. The topological polar surface area (TPSA) is 112 Å². The highest BCUT2D eigenvalue weighted by Gasteiger charge is 2.42. The molecule has 2 aromatic heterocycles. The second-order valence-corrected chi connectivity index (χ2v) is 6.68. The molecule has 2 N–H and O–H groups in total. The van der Waals surface area contributed by atoms with Gasteiger partial charge in [0.25, 0.3) is 11.8 Å². The number of furan rings is 1. The van der Waals surface area contributed by atoms with Gasteiger partial charge in [-0.2, -0.15) is 0 Å². The quantitative estimate of drug-likeness (QED) is 0.807. The van der Waals surface area contributed by atoms with Gasteiger partial charge in [-0.15, -0.1) is 0 Å². The minimum absolute atomic E-state index is 0.126. The summed E-state index contributed by atoms with van der Waals surface area (Å²) < 4.78 is 11.2. The Bertz CT molecular complexity index is 845. The number of H-pyrrole nitrogens is 2. The maximum absolute atomic E-state index is 12.6. The monoisotopic (exact) mass is 360 g/mol. The van der Waals surface area contributed by atoms with E-state index in [9.17, 15) is 14.4 Å². The van der Waals surface area contributed by atoms with Gasteiger partial charge >= 0.3 is 5.69 Å². The molecule has 2 aliphatic rings. The number of rotatable bonds is 2. The maximum atomic E-state index is 12.6. The SMILES string of the molecule is O=C(c1c[nH]c(=O)[nH]1)N1CCOC2(CCN(C(=O)c3ccco3)CC2)C1. The fourth-order valence-electron chi connectivity index (χ4n) is 3.61. The Morgan fingerprint density at radius 1 is 1.12 bits per heavy atom. The first-order chi connectivity index (χ1) is 12.6. The van der Waals surface area contributed by atoms with Crippen LogP contribution < -0.4 is 5.69 Å². The molecule has 26 heavy (non-hydrogen) atoms. The standard InChI is InChI=1S/C17H20N4O5/c22-14(12-10-18-16(24)19-12)21-7-9-26-17(11-21)3-5-20(6-4-17)15(23)13-2-1-8-25-13/h1-2,8,10H,3-7,9,11H2,(H2,18,19,24). The summed E-state index contributed by atoms with van der Waals surface area (Å²) in [6, 6.07) is 3.35. The molecule has 0 unspecified atom stereocenters. The fraction of sp³-hybridized carbons (Fsp3) is 0.471. The lowest BCUT2D eigenvalue weighted by molar-refractivity contribution is -0.124. The summed E-state index contributed by atoms with van der Waals surface area (Å²) >= 11 is 0. The molecule has 2 amide bonds. The van der Waals surface area contributed by atoms with Crippen molar-refractivity contribution in [1.82, 2.24) is 19.8 Å². The summed E-state index contributed by atoms with van der Waals surface area (Å²) in [4.78, 5) is 44.6. The van der Waals surface area contributed by atoms with Gasteiger partial charge in [-0.3, -0.25) is 9.59 Å². The number of imidazole rings is 1. The molecule has 2 aliphatic heterocycles. The van der Waals surface area contributed by atoms with E-state index in [4.69, 9.17) is 9.15 Å². The average Bonchev–Trinajstić information content (AvgIpc) is 3.33. The molecule has 2 saturated heterocycles. The molecule has 138 valence electrons. The van der Waals surface area contributed by atoms with E-state index in [2.05, 4.69) is 9.97 Å². The van der Waals surface area contributed by atoms with Crippen LogP contribution in [0.5, 0.6) is 0 Å². The number of ether oxygens (including phenoxy) is 1. The first kappa shape index (κ1) is 16.6. The number of morpholine rings is 1. The van der Waals surface area contributed by atoms with Gasteiger partial charge in [-0.25, -0.2) is 4.79 Å². The highest BCUT2D eigenvalue weighted by Crippen LogP contribution is 2.31. The van der Waals surface area contributed by atoms with Crippen molar-refractivity contribution in [2.45, 2.75) is 18.4 Å². The predicted molar refractivity (Wildman–Crippen MR) is 89.8 cm³/mol. The van der Waals surface area contributed by atoms with E-state index in [1.165, 1.54) is 12.5 Å². The molecule has 0 saturated carbocycles. The Kier molecular flexibility index (Phi) is 4.15. The van der Waals surface area contributed by atoms with Crippen molar-refractivity contribution >= 4 is 11.8 Å². The van der Waals surface area contributed by atoms with E-state index >= 15 is 0 Å².